The fraction of sp³-hybridized carbons (Fsp3) is 0.381. The molecule has 0 aliphatic heterocycles. The second-order valence-corrected chi connectivity index (χ2v) is 10.5. The second kappa shape index (κ2) is 9.39. The normalized spacial score (nSPS) is 18.9. The molecular formula is C21H25N5O4S2. The van der Waals surface area contributed by atoms with E-state index in [1.807, 2.05) is 18.2 Å². The zero-order valence-corrected chi connectivity index (χ0v) is 19.4. The fourth-order valence-corrected chi connectivity index (χ4v) is 5.56. The lowest BCUT2D eigenvalue weighted by atomic mass is 9.91. The van der Waals surface area contributed by atoms with E-state index in [1.54, 1.807) is 19.2 Å². The van der Waals surface area contributed by atoms with Crippen molar-refractivity contribution in [3.8, 4) is 11.5 Å². The van der Waals surface area contributed by atoms with Crippen molar-refractivity contribution >= 4 is 42.6 Å². The Morgan fingerprint density at radius 1 is 1.12 bits per heavy atom. The average molecular weight is 476 g/mol. The quantitative estimate of drug-likeness (QED) is 0.480. The number of carbonyl (C=O) groups excluding carboxylic acids is 1. The van der Waals surface area contributed by atoms with Crippen LogP contribution < -0.4 is 20.1 Å². The van der Waals surface area contributed by atoms with Gasteiger partial charge in [0.25, 0.3) is 5.91 Å². The number of benzene rings is 1. The van der Waals surface area contributed by atoms with Gasteiger partial charge in [-0.15, -0.1) is 0 Å². The van der Waals surface area contributed by atoms with Crippen molar-refractivity contribution in [2.45, 2.75) is 37.8 Å². The van der Waals surface area contributed by atoms with Gasteiger partial charge in [0.2, 0.25) is 10.0 Å². The van der Waals surface area contributed by atoms with Crippen LogP contribution in [0.5, 0.6) is 11.5 Å². The first-order valence-electron chi connectivity index (χ1n) is 10.3. The molecule has 170 valence electrons. The molecule has 1 saturated carbocycles. The van der Waals surface area contributed by atoms with Crippen molar-refractivity contribution in [1.82, 2.24) is 20.0 Å². The van der Waals surface area contributed by atoms with Gasteiger partial charge in [-0.25, -0.2) is 18.1 Å². The van der Waals surface area contributed by atoms with Gasteiger partial charge >= 0.3 is 0 Å². The first kappa shape index (κ1) is 22.4. The van der Waals surface area contributed by atoms with Gasteiger partial charge in [-0.05, 0) is 31.0 Å². The third kappa shape index (κ3) is 5.53. The smallest absolute Gasteiger partial charge is 0.269 e. The Kier molecular flexibility index (Phi) is 6.58. The van der Waals surface area contributed by atoms with Gasteiger partial charge in [-0.3, -0.25) is 9.78 Å². The Labute approximate surface area is 190 Å². The molecule has 1 fully saturated rings. The Hall–Kier alpha value is -2.76. The summed E-state index contributed by atoms with van der Waals surface area (Å²) in [4.78, 5) is 20.5. The van der Waals surface area contributed by atoms with E-state index in [0.29, 0.717) is 11.5 Å². The summed E-state index contributed by atoms with van der Waals surface area (Å²) >= 11 is 1.49. The van der Waals surface area contributed by atoms with E-state index < -0.39 is 10.0 Å². The summed E-state index contributed by atoms with van der Waals surface area (Å²) in [5.74, 6) is 0.851. The number of anilines is 1. The van der Waals surface area contributed by atoms with Gasteiger partial charge in [0, 0.05) is 37.5 Å². The predicted octanol–water partition coefficient (Wildman–Crippen LogP) is 3.12. The maximum Gasteiger partial charge on any atom is 0.269 e. The number of thiazole rings is 1. The summed E-state index contributed by atoms with van der Waals surface area (Å²) in [7, 11) is -1.72. The van der Waals surface area contributed by atoms with E-state index in [9.17, 15) is 13.2 Å². The molecule has 0 bridgehead atoms. The molecule has 3 aromatic rings. The lowest BCUT2D eigenvalue weighted by Gasteiger charge is -2.32. The maximum atomic E-state index is 11.8. The molecule has 2 heterocycles. The van der Waals surface area contributed by atoms with E-state index >= 15 is 0 Å². The lowest BCUT2D eigenvalue weighted by molar-refractivity contribution is 0.0958. The van der Waals surface area contributed by atoms with Crippen molar-refractivity contribution in [3.05, 3.63) is 42.2 Å². The summed E-state index contributed by atoms with van der Waals surface area (Å²) in [6.45, 7) is 0. The molecule has 11 heteroatoms. The topological polar surface area (TPSA) is 122 Å². The number of aromatic nitrogens is 2. The van der Waals surface area contributed by atoms with Crippen LogP contribution in [0.3, 0.4) is 0 Å². The predicted molar refractivity (Wildman–Crippen MR) is 125 cm³/mol. The van der Waals surface area contributed by atoms with Gasteiger partial charge in [-0.1, -0.05) is 24.2 Å². The third-order valence-electron chi connectivity index (χ3n) is 5.23. The molecule has 9 nitrogen and oxygen atoms in total. The van der Waals surface area contributed by atoms with Gasteiger partial charge in [0.1, 0.15) is 17.2 Å². The van der Waals surface area contributed by atoms with E-state index in [2.05, 4.69) is 25.3 Å². The van der Waals surface area contributed by atoms with E-state index in [1.165, 1.54) is 23.8 Å². The van der Waals surface area contributed by atoms with Gasteiger partial charge < -0.3 is 15.4 Å². The molecule has 1 aliphatic carbocycles. The Morgan fingerprint density at radius 2 is 1.88 bits per heavy atom. The summed E-state index contributed by atoms with van der Waals surface area (Å²) in [6, 6.07) is 8.71. The van der Waals surface area contributed by atoms with Crippen LogP contribution in [0.1, 0.15) is 36.2 Å². The first-order valence-corrected chi connectivity index (χ1v) is 13.0. The molecule has 32 heavy (non-hydrogen) atoms. The summed E-state index contributed by atoms with van der Waals surface area (Å²) in [5, 5.41) is 6.71. The number of amides is 1. The lowest BCUT2D eigenvalue weighted by Crippen LogP contribution is -2.48. The number of hydrogen-bond acceptors (Lipinski definition) is 8. The molecule has 0 unspecified atom stereocenters. The van der Waals surface area contributed by atoms with E-state index in [-0.39, 0.29) is 23.7 Å². The average Bonchev–Trinajstić information content (AvgIpc) is 3.15. The molecule has 3 N–H and O–H groups in total. The van der Waals surface area contributed by atoms with E-state index in [0.717, 1.165) is 41.0 Å². The third-order valence-corrected chi connectivity index (χ3v) is 6.91. The number of ether oxygens (including phenoxy) is 1. The molecule has 0 spiro atoms. The molecule has 2 aromatic heterocycles. The van der Waals surface area contributed by atoms with Crippen LogP contribution >= 0.6 is 11.3 Å². The Bertz CT molecular complexity index is 1230. The van der Waals surface area contributed by atoms with Crippen LogP contribution in [0.25, 0.3) is 10.2 Å². The summed E-state index contributed by atoms with van der Waals surface area (Å²) < 4.78 is 33.0. The summed E-state index contributed by atoms with van der Waals surface area (Å²) in [5.41, 5.74) is 1.11. The number of hydrogen-bond donors (Lipinski definition) is 3. The summed E-state index contributed by atoms with van der Waals surface area (Å²) in [6.07, 6.45) is 6.45. The molecule has 2 atom stereocenters. The zero-order chi connectivity index (χ0) is 22.7. The van der Waals surface area contributed by atoms with Crippen LogP contribution in [0.15, 0.2) is 36.5 Å². The second-order valence-electron chi connectivity index (χ2n) is 7.74. The zero-order valence-electron chi connectivity index (χ0n) is 17.8. The maximum absolute atomic E-state index is 11.8. The number of nitrogens with one attached hydrogen (secondary N) is 3. The minimum Gasteiger partial charge on any atom is -0.457 e. The Balaban J connectivity index is 1.50. The van der Waals surface area contributed by atoms with Crippen LogP contribution in [0.4, 0.5) is 5.13 Å². The van der Waals surface area contributed by atoms with Crippen molar-refractivity contribution < 1.29 is 17.9 Å². The highest BCUT2D eigenvalue weighted by Crippen LogP contribution is 2.33. The number of rotatable bonds is 7. The van der Waals surface area contributed by atoms with Gasteiger partial charge in [-0.2, -0.15) is 0 Å². The number of fused-ring (bicyclic) bond motifs is 1. The highest BCUT2D eigenvalue weighted by Gasteiger charge is 2.28. The van der Waals surface area contributed by atoms with Crippen molar-refractivity contribution in [2.75, 3.05) is 18.6 Å². The number of carbonyl (C=O) groups is 1. The van der Waals surface area contributed by atoms with Crippen LogP contribution in [0.2, 0.25) is 0 Å². The highest BCUT2D eigenvalue weighted by atomic mass is 32.2. The molecule has 0 radical (unpaired) electrons. The van der Waals surface area contributed by atoms with Crippen LogP contribution in [-0.2, 0) is 10.0 Å². The van der Waals surface area contributed by atoms with Crippen molar-refractivity contribution in [3.63, 3.8) is 0 Å². The van der Waals surface area contributed by atoms with Crippen LogP contribution in [-0.4, -0.2) is 49.7 Å². The largest absolute Gasteiger partial charge is 0.457 e. The van der Waals surface area contributed by atoms with Gasteiger partial charge in [0.05, 0.1) is 16.5 Å². The molecular weight excluding hydrogens is 450 g/mol. The Morgan fingerprint density at radius 3 is 2.62 bits per heavy atom. The first-order chi connectivity index (χ1) is 15.3. The molecule has 1 amide bonds. The standard InChI is InChI=1S/C21H25N5O4S2/c1-22-20(27)18-11-14(9-10-23-18)30-13-7-8-17-19(12-13)31-21(25-17)24-15-5-3-4-6-16(15)26-32(2,28)29/h7-12,15-16,26H,3-6H2,1-2H3,(H,22,27)(H,24,25)/t15-,16-/m0/s1. The monoisotopic (exact) mass is 475 g/mol. The van der Waals surface area contributed by atoms with Crippen LogP contribution in [0, 0.1) is 0 Å². The van der Waals surface area contributed by atoms with Crippen molar-refractivity contribution in [1.29, 1.82) is 0 Å². The molecule has 1 aromatic carbocycles. The van der Waals surface area contributed by atoms with E-state index in [4.69, 9.17) is 4.74 Å². The number of pyridine rings is 1. The SMILES string of the molecule is CNC(=O)c1cc(Oc2ccc3nc(N[C@H]4CCCC[C@@H]4NS(C)(=O)=O)sc3c2)ccn1. The van der Waals surface area contributed by atoms with Crippen molar-refractivity contribution in [2.24, 2.45) is 0 Å². The molecule has 1 aliphatic rings. The highest BCUT2D eigenvalue weighted by molar-refractivity contribution is 7.88. The van der Waals surface area contributed by atoms with Gasteiger partial charge in [0.15, 0.2) is 5.13 Å². The fourth-order valence-electron chi connectivity index (χ4n) is 3.77. The number of sulfonamides is 1. The number of nitrogens with zero attached hydrogens (tertiary/aromatic N) is 2. The molecule has 4 rings (SSSR count). The minimum atomic E-state index is -3.27. The molecule has 0 saturated heterocycles. The minimum absolute atomic E-state index is 0.00490.